The molecule has 0 unspecified atom stereocenters. The summed E-state index contributed by atoms with van der Waals surface area (Å²) in [6.07, 6.45) is 1.23. The van der Waals surface area contributed by atoms with Crippen molar-refractivity contribution in [1.82, 2.24) is 14.7 Å². The Morgan fingerprint density at radius 3 is 2.67 bits per heavy atom. The normalized spacial score (nSPS) is 22.9. The van der Waals surface area contributed by atoms with Gasteiger partial charge >= 0.3 is 0 Å². The number of ketones is 1. The Morgan fingerprint density at radius 2 is 1.97 bits per heavy atom. The van der Waals surface area contributed by atoms with E-state index in [4.69, 9.17) is 5.73 Å². The van der Waals surface area contributed by atoms with E-state index >= 15 is 0 Å². The molecule has 0 radical (unpaired) electrons. The van der Waals surface area contributed by atoms with Crippen LogP contribution in [-0.2, 0) is 16.1 Å². The molecule has 2 aromatic rings. The molecule has 0 spiro atoms. The molecule has 1 aliphatic heterocycles. The number of benzene rings is 1. The fourth-order valence-corrected chi connectivity index (χ4v) is 4.48. The number of carbonyl (C=O) groups is 3. The van der Waals surface area contributed by atoms with Crippen LogP contribution in [0.15, 0.2) is 24.3 Å². The second-order valence-electron chi connectivity index (χ2n) is 8.39. The fourth-order valence-electron chi connectivity index (χ4n) is 4.48. The summed E-state index contributed by atoms with van der Waals surface area (Å²) in [5.74, 6) is -3.61. The molecule has 4 rings (SSSR count). The average molecular weight is 418 g/mol. The van der Waals surface area contributed by atoms with Crippen molar-refractivity contribution in [3.63, 3.8) is 0 Å². The zero-order valence-corrected chi connectivity index (χ0v) is 16.7. The number of nitrogens with zero attached hydrogens (tertiary/aromatic N) is 3. The lowest BCUT2D eigenvalue weighted by molar-refractivity contribution is -0.139. The molecule has 1 aromatic carbocycles. The highest BCUT2D eigenvalue weighted by Gasteiger charge is 2.55. The first-order chi connectivity index (χ1) is 14.2. The first-order valence-electron chi connectivity index (χ1n) is 10.1. The van der Waals surface area contributed by atoms with Crippen LogP contribution in [0.25, 0.3) is 10.9 Å². The molecule has 2 fully saturated rings. The van der Waals surface area contributed by atoms with Gasteiger partial charge in [-0.25, -0.2) is 8.78 Å². The van der Waals surface area contributed by atoms with Crippen LogP contribution >= 0.6 is 0 Å². The van der Waals surface area contributed by atoms with Crippen LogP contribution in [0.2, 0.25) is 0 Å². The molecule has 0 bridgehead atoms. The Bertz CT molecular complexity index is 1010. The monoisotopic (exact) mass is 418 g/mol. The number of rotatable bonds is 8. The molecular formula is C21H24F2N4O3. The summed E-state index contributed by atoms with van der Waals surface area (Å²) in [6, 6.07) is 6.46. The zero-order chi connectivity index (χ0) is 21.6. The largest absolute Gasteiger partial charge is 0.364 e. The minimum atomic E-state index is -2.80. The topological polar surface area (TPSA) is 98.3 Å². The smallest absolute Gasteiger partial charge is 0.269 e. The molecule has 160 valence electrons. The predicted molar refractivity (Wildman–Crippen MR) is 105 cm³/mol. The van der Waals surface area contributed by atoms with E-state index in [1.807, 2.05) is 0 Å². The molecule has 30 heavy (non-hydrogen) atoms. The third-order valence-electron chi connectivity index (χ3n) is 5.98. The minimum Gasteiger partial charge on any atom is -0.364 e. The van der Waals surface area contributed by atoms with E-state index in [2.05, 4.69) is 5.10 Å². The van der Waals surface area contributed by atoms with Crippen molar-refractivity contribution in [3.8, 4) is 0 Å². The lowest BCUT2D eigenvalue weighted by Gasteiger charge is -2.27. The Labute approximate surface area is 172 Å². The van der Waals surface area contributed by atoms with Crippen LogP contribution < -0.4 is 5.73 Å². The van der Waals surface area contributed by atoms with Crippen molar-refractivity contribution in [2.24, 2.45) is 11.7 Å². The summed E-state index contributed by atoms with van der Waals surface area (Å²) in [7, 11) is 0. The van der Waals surface area contributed by atoms with Crippen molar-refractivity contribution in [1.29, 1.82) is 0 Å². The van der Waals surface area contributed by atoms with Gasteiger partial charge in [0.05, 0.1) is 11.6 Å². The number of amides is 2. The molecular weight excluding hydrogens is 394 g/mol. The number of fused-ring (bicyclic) bond motifs is 2. The van der Waals surface area contributed by atoms with Gasteiger partial charge in [0.25, 0.3) is 5.91 Å². The highest BCUT2D eigenvalue weighted by Crippen LogP contribution is 2.48. The number of para-hydroxylation sites is 1. The van der Waals surface area contributed by atoms with Gasteiger partial charge in [-0.15, -0.1) is 0 Å². The summed E-state index contributed by atoms with van der Waals surface area (Å²) < 4.78 is 27.5. The van der Waals surface area contributed by atoms with Crippen LogP contribution in [0.5, 0.6) is 0 Å². The Balaban J connectivity index is 1.49. The molecule has 2 amide bonds. The maximum atomic E-state index is 13.1. The summed E-state index contributed by atoms with van der Waals surface area (Å²) in [6.45, 7) is 0.723. The Kier molecular flexibility index (Phi) is 5.07. The summed E-state index contributed by atoms with van der Waals surface area (Å²) >= 11 is 0. The van der Waals surface area contributed by atoms with E-state index in [1.54, 1.807) is 29.2 Å². The van der Waals surface area contributed by atoms with Gasteiger partial charge in [-0.2, -0.15) is 5.10 Å². The summed E-state index contributed by atoms with van der Waals surface area (Å²) in [4.78, 5) is 39.1. The van der Waals surface area contributed by atoms with Crippen molar-refractivity contribution in [3.05, 3.63) is 30.0 Å². The quantitative estimate of drug-likeness (QED) is 0.712. The molecule has 1 aromatic heterocycles. The molecule has 2 aliphatic rings. The van der Waals surface area contributed by atoms with E-state index in [1.165, 1.54) is 4.68 Å². The van der Waals surface area contributed by atoms with Crippen molar-refractivity contribution in [2.75, 3.05) is 0 Å². The molecule has 7 nitrogen and oxygen atoms in total. The minimum absolute atomic E-state index is 0.0245. The van der Waals surface area contributed by atoms with Gasteiger partial charge in [-0.3, -0.25) is 19.1 Å². The number of carbonyl (C=O) groups excluding carboxylic acids is 3. The molecule has 1 aliphatic carbocycles. The highest BCUT2D eigenvalue weighted by molar-refractivity contribution is 6.04. The molecule has 1 saturated carbocycles. The van der Waals surface area contributed by atoms with Gasteiger partial charge in [0.2, 0.25) is 11.8 Å². The number of aromatic nitrogens is 2. The van der Waals surface area contributed by atoms with Gasteiger partial charge in [0.1, 0.15) is 6.54 Å². The lowest BCUT2D eigenvalue weighted by Crippen LogP contribution is -2.44. The second-order valence-corrected chi connectivity index (χ2v) is 8.39. The Morgan fingerprint density at radius 1 is 1.23 bits per heavy atom. The summed E-state index contributed by atoms with van der Waals surface area (Å²) in [5.41, 5.74) is 6.11. The van der Waals surface area contributed by atoms with Crippen LogP contribution in [0.1, 0.15) is 49.5 Å². The number of piperidine rings is 1. The van der Waals surface area contributed by atoms with E-state index in [0.717, 1.165) is 13.3 Å². The number of nitrogens with two attached hydrogens (primary N) is 1. The van der Waals surface area contributed by atoms with Crippen molar-refractivity contribution >= 4 is 28.5 Å². The zero-order valence-electron chi connectivity index (χ0n) is 16.7. The average Bonchev–Trinajstić information content (AvgIpc) is 3.17. The van der Waals surface area contributed by atoms with E-state index in [-0.39, 0.29) is 49.2 Å². The van der Waals surface area contributed by atoms with Gasteiger partial charge in [-0.05, 0) is 38.2 Å². The number of halogens is 2. The third-order valence-corrected chi connectivity index (χ3v) is 5.98. The lowest BCUT2D eigenvalue weighted by atomic mass is 10.0. The maximum absolute atomic E-state index is 13.1. The van der Waals surface area contributed by atoms with Crippen LogP contribution in [0, 0.1) is 5.92 Å². The van der Waals surface area contributed by atoms with Crippen molar-refractivity contribution in [2.45, 2.75) is 63.6 Å². The van der Waals surface area contributed by atoms with E-state index < -0.39 is 17.9 Å². The van der Waals surface area contributed by atoms with Gasteiger partial charge in [-0.1, -0.05) is 18.2 Å². The first-order valence-corrected chi connectivity index (χ1v) is 10.1. The van der Waals surface area contributed by atoms with E-state index in [0.29, 0.717) is 23.2 Å². The van der Waals surface area contributed by atoms with Gasteiger partial charge < -0.3 is 10.6 Å². The van der Waals surface area contributed by atoms with Gasteiger partial charge in [0.15, 0.2) is 11.5 Å². The first kappa shape index (κ1) is 20.4. The number of hydrogen-bond acceptors (Lipinski definition) is 4. The van der Waals surface area contributed by atoms with Gasteiger partial charge in [0, 0.05) is 24.3 Å². The second kappa shape index (κ2) is 7.45. The number of alkyl halides is 2. The predicted octanol–water partition coefficient (Wildman–Crippen LogP) is 2.52. The number of Topliss-reactive ketones (excluding diaryl/α,β-unsaturated/α-hetero) is 1. The van der Waals surface area contributed by atoms with Crippen LogP contribution in [-0.4, -0.2) is 50.3 Å². The molecule has 9 heteroatoms. The fraction of sp³-hybridized carbons (Fsp3) is 0.524. The SMILES string of the molecule is CC(F)(F)CCCC(=O)[C@@H]1C[C@H]2C[C@H]2N1C(=O)Cn1nc(C(N)=O)c2ccccc21. The third kappa shape index (κ3) is 3.93. The number of primary amides is 1. The van der Waals surface area contributed by atoms with Crippen LogP contribution in [0.3, 0.4) is 0 Å². The standard InChI is InChI=1S/C21H24F2N4O3/c1-21(22,23)8-4-7-17(28)16-10-12-9-15(12)27(16)18(29)11-26-14-6-3-2-5-13(14)19(25-26)20(24)30/h2-3,5-6,12,15-16H,4,7-11H2,1H3,(H2,24,30)/t12-,15-,16+/m1/s1. The number of likely N-dealkylation sites (tertiary alicyclic amines) is 1. The molecule has 2 N–H and O–H groups in total. The molecule has 3 atom stereocenters. The van der Waals surface area contributed by atoms with Crippen molar-refractivity contribution < 1.29 is 23.2 Å². The highest BCUT2D eigenvalue weighted by atomic mass is 19.3. The molecule has 2 heterocycles. The maximum Gasteiger partial charge on any atom is 0.269 e. The van der Waals surface area contributed by atoms with E-state index in [9.17, 15) is 23.2 Å². The number of hydrogen-bond donors (Lipinski definition) is 1. The molecule has 1 saturated heterocycles. The summed E-state index contributed by atoms with van der Waals surface area (Å²) in [5, 5.41) is 4.78. The van der Waals surface area contributed by atoms with Crippen LogP contribution in [0.4, 0.5) is 8.78 Å². The Hall–Kier alpha value is -2.84.